The van der Waals surface area contributed by atoms with E-state index in [0.29, 0.717) is 60.6 Å². The Morgan fingerprint density at radius 2 is 1.91 bits per heavy atom. The summed E-state index contributed by atoms with van der Waals surface area (Å²) in [6, 6.07) is 16.5. The van der Waals surface area contributed by atoms with Gasteiger partial charge >= 0.3 is 6.09 Å². The fourth-order valence-corrected chi connectivity index (χ4v) is 6.83. The number of likely N-dealkylation sites (tertiary alicyclic amines) is 1. The van der Waals surface area contributed by atoms with Crippen molar-refractivity contribution in [1.82, 2.24) is 19.7 Å². The molecule has 240 valence electrons. The Morgan fingerprint density at radius 1 is 1.09 bits per heavy atom. The van der Waals surface area contributed by atoms with Crippen molar-refractivity contribution in [3.8, 4) is 17.1 Å². The van der Waals surface area contributed by atoms with E-state index in [1.54, 1.807) is 27.9 Å². The SMILES string of the molecule is CC(C)Oc1ccc(-c2nn(C3CCCCO3)c3ccc(N4CC[C@]5(CCN(C(=O)OCc6ccccc6)C5)C4=O)c(F)c23)cn1. The van der Waals surface area contributed by atoms with Crippen LogP contribution < -0.4 is 9.64 Å². The number of fused-ring (bicyclic) bond motifs is 1. The van der Waals surface area contributed by atoms with Gasteiger partial charge in [0, 0.05) is 44.1 Å². The Morgan fingerprint density at radius 3 is 2.65 bits per heavy atom. The van der Waals surface area contributed by atoms with Crippen molar-refractivity contribution in [1.29, 1.82) is 0 Å². The van der Waals surface area contributed by atoms with Crippen molar-refractivity contribution in [2.45, 2.75) is 64.9 Å². The number of pyridine rings is 1. The third kappa shape index (κ3) is 5.57. The van der Waals surface area contributed by atoms with Crippen LogP contribution in [-0.2, 0) is 20.9 Å². The predicted octanol–water partition coefficient (Wildman–Crippen LogP) is 6.49. The second-order valence-corrected chi connectivity index (χ2v) is 12.7. The standard InChI is InChI=1S/C35H38FN5O5/c1-23(2)46-28-14-11-25(20-37-28)32-30-26(41(38-32)29-10-6-7-19-44-29)12-13-27(31(30)36)40-18-16-35(33(40)42)15-17-39(22-35)34(43)45-21-24-8-4-3-5-9-24/h3-5,8-9,11-14,20,23,29H,6-7,10,15-19,21-22H2,1-2H3/t29?,35-/m0/s1. The summed E-state index contributed by atoms with van der Waals surface area (Å²) >= 11 is 0. The highest BCUT2D eigenvalue weighted by molar-refractivity contribution is 6.04. The minimum absolute atomic E-state index is 0.0324. The van der Waals surface area contributed by atoms with E-state index in [2.05, 4.69) is 4.98 Å². The summed E-state index contributed by atoms with van der Waals surface area (Å²) in [7, 11) is 0. The molecule has 0 bridgehead atoms. The molecule has 4 aromatic rings. The molecule has 7 rings (SSSR count). The maximum atomic E-state index is 16.8. The van der Waals surface area contributed by atoms with E-state index in [0.717, 1.165) is 24.8 Å². The van der Waals surface area contributed by atoms with E-state index in [1.165, 1.54) is 4.90 Å². The van der Waals surface area contributed by atoms with Crippen LogP contribution in [-0.4, -0.2) is 64.0 Å². The molecule has 3 saturated heterocycles. The van der Waals surface area contributed by atoms with Gasteiger partial charge in [0.1, 0.15) is 12.3 Å². The number of halogens is 1. The van der Waals surface area contributed by atoms with Crippen molar-refractivity contribution in [3.05, 3.63) is 72.2 Å². The first kappa shape index (κ1) is 30.2. The molecular formula is C35H38FN5O5. The largest absolute Gasteiger partial charge is 0.475 e. The number of aromatic nitrogens is 3. The fourth-order valence-electron chi connectivity index (χ4n) is 6.83. The lowest BCUT2D eigenvalue weighted by Gasteiger charge is -2.24. The number of carbonyl (C=O) groups is 2. The normalized spacial score (nSPS) is 21.6. The summed E-state index contributed by atoms with van der Waals surface area (Å²) in [5, 5.41) is 5.19. The first-order chi connectivity index (χ1) is 22.3. The van der Waals surface area contributed by atoms with Gasteiger partial charge in [0.05, 0.1) is 28.1 Å². The Labute approximate surface area is 267 Å². The lowest BCUT2D eigenvalue weighted by atomic mass is 9.85. The molecule has 1 spiro atoms. The van der Waals surface area contributed by atoms with Crippen LogP contribution in [0.3, 0.4) is 0 Å². The van der Waals surface area contributed by atoms with Gasteiger partial charge in [0.25, 0.3) is 0 Å². The van der Waals surface area contributed by atoms with Crippen LogP contribution in [0.4, 0.5) is 14.9 Å². The Balaban J connectivity index is 1.17. The van der Waals surface area contributed by atoms with E-state index in [-0.39, 0.29) is 37.1 Å². The number of hydrogen-bond acceptors (Lipinski definition) is 7. The summed E-state index contributed by atoms with van der Waals surface area (Å²) in [4.78, 5) is 34.5. The van der Waals surface area contributed by atoms with Crippen LogP contribution in [0.2, 0.25) is 0 Å². The average Bonchev–Trinajstić information content (AvgIpc) is 3.78. The van der Waals surface area contributed by atoms with Gasteiger partial charge in [0.2, 0.25) is 11.8 Å². The van der Waals surface area contributed by atoms with Crippen molar-refractivity contribution in [2.75, 3.05) is 31.1 Å². The molecule has 11 heteroatoms. The second-order valence-electron chi connectivity index (χ2n) is 12.7. The molecule has 1 unspecified atom stereocenters. The van der Waals surface area contributed by atoms with Crippen LogP contribution in [0.5, 0.6) is 5.88 Å². The molecule has 0 aliphatic carbocycles. The quantitative estimate of drug-likeness (QED) is 0.231. The highest BCUT2D eigenvalue weighted by Crippen LogP contribution is 2.45. The fraction of sp³-hybridized carbons (Fsp3) is 0.429. The van der Waals surface area contributed by atoms with Crippen molar-refractivity contribution >= 4 is 28.6 Å². The van der Waals surface area contributed by atoms with E-state index >= 15 is 4.39 Å². The second kappa shape index (κ2) is 12.4. The monoisotopic (exact) mass is 627 g/mol. The molecule has 0 radical (unpaired) electrons. The zero-order valence-electron chi connectivity index (χ0n) is 26.2. The molecule has 3 aliphatic heterocycles. The Bertz CT molecular complexity index is 1740. The Hall–Kier alpha value is -4.51. The summed E-state index contributed by atoms with van der Waals surface area (Å²) in [5.41, 5.74) is 2.00. The molecule has 46 heavy (non-hydrogen) atoms. The molecule has 3 fully saturated rings. The van der Waals surface area contributed by atoms with Crippen molar-refractivity contribution in [2.24, 2.45) is 5.41 Å². The van der Waals surface area contributed by atoms with Gasteiger partial charge in [-0.3, -0.25) is 4.79 Å². The maximum Gasteiger partial charge on any atom is 0.410 e. The van der Waals surface area contributed by atoms with Gasteiger partial charge in [-0.25, -0.2) is 18.9 Å². The van der Waals surface area contributed by atoms with Crippen LogP contribution in [0.1, 0.15) is 57.7 Å². The van der Waals surface area contributed by atoms with Gasteiger partial charge < -0.3 is 24.0 Å². The van der Waals surface area contributed by atoms with Crippen molar-refractivity contribution < 1.29 is 28.2 Å². The lowest BCUT2D eigenvalue weighted by Crippen LogP contribution is -2.38. The molecule has 2 aromatic heterocycles. The molecule has 2 atom stereocenters. The van der Waals surface area contributed by atoms with Gasteiger partial charge in [-0.2, -0.15) is 5.10 Å². The summed E-state index contributed by atoms with van der Waals surface area (Å²) in [6.45, 7) is 5.65. The van der Waals surface area contributed by atoms with Gasteiger partial charge in [-0.1, -0.05) is 30.3 Å². The summed E-state index contributed by atoms with van der Waals surface area (Å²) in [6.07, 6.45) is 4.62. The highest BCUT2D eigenvalue weighted by atomic mass is 19.1. The topological polar surface area (TPSA) is 99.0 Å². The van der Waals surface area contributed by atoms with E-state index in [4.69, 9.17) is 19.3 Å². The number of benzene rings is 2. The number of ether oxygens (including phenoxy) is 3. The first-order valence-corrected chi connectivity index (χ1v) is 16.1. The molecule has 0 N–H and O–H groups in total. The minimum Gasteiger partial charge on any atom is -0.475 e. The van der Waals surface area contributed by atoms with Gasteiger partial charge in [0.15, 0.2) is 12.0 Å². The number of amides is 2. The van der Waals surface area contributed by atoms with Crippen molar-refractivity contribution in [3.63, 3.8) is 0 Å². The summed E-state index contributed by atoms with van der Waals surface area (Å²) in [5.74, 6) is -0.216. The number of rotatable bonds is 7. The third-order valence-corrected chi connectivity index (χ3v) is 9.21. The van der Waals surface area contributed by atoms with Gasteiger partial charge in [-0.05, 0) is 69.7 Å². The number of anilines is 1. The molecule has 5 heterocycles. The number of nitrogens with zero attached hydrogens (tertiary/aromatic N) is 5. The average molecular weight is 628 g/mol. The first-order valence-electron chi connectivity index (χ1n) is 16.1. The zero-order chi connectivity index (χ0) is 31.8. The molecule has 10 nitrogen and oxygen atoms in total. The van der Waals surface area contributed by atoms with E-state index in [1.807, 2.05) is 56.3 Å². The number of hydrogen-bond donors (Lipinski definition) is 0. The highest BCUT2D eigenvalue weighted by Gasteiger charge is 2.52. The lowest BCUT2D eigenvalue weighted by molar-refractivity contribution is -0.124. The molecule has 2 aromatic carbocycles. The van der Waals surface area contributed by atoms with Crippen LogP contribution >= 0.6 is 0 Å². The van der Waals surface area contributed by atoms with Gasteiger partial charge in [-0.15, -0.1) is 0 Å². The van der Waals surface area contributed by atoms with Crippen LogP contribution in [0, 0.1) is 11.2 Å². The molecule has 2 amide bonds. The smallest absolute Gasteiger partial charge is 0.410 e. The zero-order valence-corrected chi connectivity index (χ0v) is 26.2. The minimum atomic E-state index is -0.772. The summed E-state index contributed by atoms with van der Waals surface area (Å²) < 4.78 is 35.8. The molecule has 3 aliphatic rings. The molecule has 0 saturated carbocycles. The van der Waals surface area contributed by atoms with Crippen LogP contribution in [0.15, 0.2) is 60.8 Å². The Kier molecular flexibility index (Phi) is 8.10. The van der Waals surface area contributed by atoms with Crippen LogP contribution in [0.25, 0.3) is 22.2 Å². The predicted molar refractivity (Wildman–Crippen MR) is 170 cm³/mol. The van der Waals surface area contributed by atoms with E-state index in [9.17, 15) is 9.59 Å². The maximum absolute atomic E-state index is 16.8. The third-order valence-electron chi connectivity index (χ3n) is 9.21. The number of carbonyl (C=O) groups excluding carboxylic acids is 2. The van der Waals surface area contributed by atoms with E-state index < -0.39 is 17.3 Å². The molecular weight excluding hydrogens is 589 g/mol.